The molecular formula is C18H24ClN3O3S. The second-order valence-electron chi connectivity index (χ2n) is 5.99. The molecule has 0 aromatic heterocycles. The fourth-order valence-corrected chi connectivity index (χ4v) is 4.03. The van der Waals surface area contributed by atoms with Gasteiger partial charge in [-0.3, -0.25) is 4.72 Å². The first-order chi connectivity index (χ1) is 12.0. The van der Waals surface area contributed by atoms with E-state index in [2.05, 4.69) is 14.9 Å². The minimum absolute atomic E-state index is 0. The van der Waals surface area contributed by atoms with Gasteiger partial charge in [-0.15, -0.1) is 12.4 Å². The zero-order valence-corrected chi connectivity index (χ0v) is 16.5. The Labute approximate surface area is 161 Å². The summed E-state index contributed by atoms with van der Waals surface area (Å²) >= 11 is 0. The molecule has 0 spiro atoms. The van der Waals surface area contributed by atoms with Crippen LogP contribution in [0.25, 0.3) is 0 Å². The van der Waals surface area contributed by atoms with E-state index in [0.29, 0.717) is 11.4 Å². The molecule has 1 aliphatic rings. The summed E-state index contributed by atoms with van der Waals surface area (Å²) in [5.74, 6) is 0.678. The average Bonchev–Trinajstić information content (AvgIpc) is 2.63. The van der Waals surface area contributed by atoms with Gasteiger partial charge in [0.25, 0.3) is 10.0 Å². The predicted molar refractivity (Wildman–Crippen MR) is 107 cm³/mol. The molecule has 0 saturated carbocycles. The van der Waals surface area contributed by atoms with Crippen molar-refractivity contribution in [3.05, 3.63) is 48.0 Å². The molecule has 2 aromatic rings. The highest BCUT2D eigenvalue weighted by Gasteiger charge is 2.21. The number of aryl methyl sites for hydroxylation is 1. The molecule has 3 rings (SSSR count). The van der Waals surface area contributed by atoms with E-state index >= 15 is 0 Å². The topological polar surface area (TPSA) is 70.7 Å². The minimum atomic E-state index is -3.67. The third-order valence-electron chi connectivity index (χ3n) is 4.31. The number of ether oxygens (including phenoxy) is 1. The summed E-state index contributed by atoms with van der Waals surface area (Å²) in [7, 11) is -2.07. The Bertz CT molecular complexity index is 853. The van der Waals surface area contributed by atoms with Crippen molar-refractivity contribution in [3.63, 3.8) is 0 Å². The maximum Gasteiger partial charge on any atom is 0.261 e. The summed E-state index contributed by atoms with van der Waals surface area (Å²) < 4.78 is 33.7. The lowest BCUT2D eigenvalue weighted by Gasteiger charge is -2.30. The molecule has 6 nitrogen and oxygen atoms in total. The van der Waals surface area contributed by atoms with Crippen molar-refractivity contribution in [2.24, 2.45) is 0 Å². The number of rotatable bonds is 5. The first kappa shape index (κ1) is 20.4. The van der Waals surface area contributed by atoms with Crippen molar-refractivity contribution in [2.45, 2.75) is 11.8 Å². The number of benzene rings is 2. The minimum Gasteiger partial charge on any atom is -0.495 e. The molecule has 1 heterocycles. The van der Waals surface area contributed by atoms with Crippen molar-refractivity contribution >= 4 is 33.8 Å². The number of sulfonamides is 1. The lowest BCUT2D eigenvalue weighted by Crippen LogP contribution is -2.43. The number of hydrogen-bond donors (Lipinski definition) is 2. The van der Waals surface area contributed by atoms with Crippen LogP contribution in [0, 0.1) is 6.92 Å². The second kappa shape index (κ2) is 8.62. The van der Waals surface area contributed by atoms with Crippen molar-refractivity contribution in [1.29, 1.82) is 0 Å². The maximum absolute atomic E-state index is 12.8. The quantitative estimate of drug-likeness (QED) is 0.811. The number of para-hydroxylation sites is 1. The molecule has 1 saturated heterocycles. The molecule has 0 amide bonds. The molecular weight excluding hydrogens is 374 g/mol. The van der Waals surface area contributed by atoms with Gasteiger partial charge in [-0.05, 0) is 36.8 Å². The van der Waals surface area contributed by atoms with Crippen LogP contribution in [0.15, 0.2) is 47.4 Å². The molecule has 0 bridgehead atoms. The predicted octanol–water partition coefficient (Wildman–Crippen LogP) is 2.64. The van der Waals surface area contributed by atoms with Gasteiger partial charge in [0, 0.05) is 26.2 Å². The second-order valence-corrected chi connectivity index (χ2v) is 7.67. The average molecular weight is 398 g/mol. The van der Waals surface area contributed by atoms with Gasteiger partial charge >= 0.3 is 0 Å². The summed E-state index contributed by atoms with van der Waals surface area (Å²) in [6.07, 6.45) is 0. The highest BCUT2D eigenvalue weighted by atomic mass is 35.5. The Hall–Kier alpha value is -1.96. The van der Waals surface area contributed by atoms with Crippen LogP contribution in [0.2, 0.25) is 0 Å². The zero-order chi connectivity index (χ0) is 17.9. The van der Waals surface area contributed by atoms with Crippen LogP contribution in [0.3, 0.4) is 0 Å². The maximum atomic E-state index is 12.8. The number of methoxy groups -OCH3 is 1. The standard InChI is InChI=1S/C18H23N3O3S.ClH/c1-14-5-3-4-6-16(14)20-25(22,23)15-7-8-18(24-2)17(13-15)21-11-9-19-10-12-21;/h3-8,13,19-20H,9-12H2,1-2H3;1H. The van der Waals surface area contributed by atoms with Crippen molar-refractivity contribution in [2.75, 3.05) is 42.9 Å². The monoisotopic (exact) mass is 397 g/mol. The number of halogens is 1. The SMILES string of the molecule is COc1ccc(S(=O)(=O)Nc2ccccc2C)cc1N1CCNCC1.Cl. The Morgan fingerprint density at radius 3 is 2.46 bits per heavy atom. The Balaban J connectivity index is 0.00000243. The smallest absolute Gasteiger partial charge is 0.261 e. The summed E-state index contributed by atoms with van der Waals surface area (Å²) in [4.78, 5) is 2.37. The molecule has 0 atom stereocenters. The lowest BCUT2D eigenvalue weighted by molar-refractivity contribution is 0.412. The third-order valence-corrected chi connectivity index (χ3v) is 5.67. The van der Waals surface area contributed by atoms with Crippen LogP contribution >= 0.6 is 12.4 Å². The van der Waals surface area contributed by atoms with Gasteiger partial charge in [0.05, 0.1) is 23.4 Å². The summed E-state index contributed by atoms with van der Waals surface area (Å²) in [5, 5.41) is 3.29. The fraction of sp³-hybridized carbons (Fsp3) is 0.333. The fourth-order valence-electron chi connectivity index (χ4n) is 2.88. The Morgan fingerprint density at radius 2 is 1.81 bits per heavy atom. The Kier molecular flexibility index (Phi) is 6.75. The van der Waals surface area contributed by atoms with E-state index < -0.39 is 10.0 Å². The van der Waals surface area contributed by atoms with Gasteiger partial charge in [0.15, 0.2) is 0 Å². The summed E-state index contributed by atoms with van der Waals surface area (Å²) in [6.45, 7) is 5.22. The molecule has 0 unspecified atom stereocenters. The number of anilines is 2. The molecule has 1 fully saturated rings. The third kappa shape index (κ3) is 4.41. The highest BCUT2D eigenvalue weighted by molar-refractivity contribution is 7.92. The van der Waals surface area contributed by atoms with Gasteiger partial charge in [0.2, 0.25) is 0 Å². The van der Waals surface area contributed by atoms with Gasteiger partial charge in [-0.25, -0.2) is 8.42 Å². The van der Waals surface area contributed by atoms with E-state index in [1.807, 2.05) is 25.1 Å². The van der Waals surface area contributed by atoms with Gasteiger partial charge in [-0.1, -0.05) is 18.2 Å². The number of nitrogens with one attached hydrogen (secondary N) is 2. The van der Waals surface area contributed by atoms with Crippen molar-refractivity contribution in [1.82, 2.24) is 5.32 Å². The van der Waals surface area contributed by atoms with Crippen LogP contribution in [0.5, 0.6) is 5.75 Å². The van der Waals surface area contributed by atoms with Crippen molar-refractivity contribution < 1.29 is 13.2 Å². The van der Waals surface area contributed by atoms with Crippen LogP contribution in [0.4, 0.5) is 11.4 Å². The first-order valence-corrected chi connectivity index (χ1v) is 9.72. The van der Waals surface area contributed by atoms with Crippen LogP contribution in [0.1, 0.15) is 5.56 Å². The van der Waals surface area contributed by atoms with E-state index in [0.717, 1.165) is 37.4 Å². The lowest BCUT2D eigenvalue weighted by atomic mass is 10.2. The van der Waals surface area contributed by atoms with Crippen LogP contribution in [-0.2, 0) is 10.0 Å². The van der Waals surface area contributed by atoms with Gasteiger partial charge in [0.1, 0.15) is 5.75 Å². The zero-order valence-electron chi connectivity index (χ0n) is 14.9. The number of piperazine rings is 1. The van der Waals surface area contributed by atoms with E-state index in [4.69, 9.17) is 4.74 Å². The molecule has 142 valence electrons. The van der Waals surface area contributed by atoms with E-state index in [1.54, 1.807) is 31.4 Å². The van der Waals surface area contributed by atoms with E-state index in [1.165, 1.54) is 0 Å². The van der Waals surface area contributed by atoms with Gasteiger partial charge < -0.3 is 15.0 Å². The number of hydrogen-bond acceptors (Lipinski definition) is 5. The largest absolute Gasteiger partial charge is 0.495 e. The highest BCUT2D eigenvalue weighted by Crippen LogP contribution is 2.32. The summed E-state index contributed by atoms with van der Waals surface area (Å²) in [6, 6.07) is 12.3. The summed E-state index contributed by atoms with van der Waals surface area (Å²) in [5.41, 5.74) is 2.26. The van der Waals surface area contributed by atoms with Crippen LogP contribution < -0.4 is 19.7 Å². The molecule has 26 heavy (non-hydrogen) atoms. The molecule has 1 aliphatic heterocycles. The molecule has 8 heteroatoms. The number of nitrogens with zero attached hydrogens (tertiary/aromatic N) is 1. The Morgan fingerprint density at radius 1 is 1.12 bits per heavy atom. The van der Waals surface area contributed by atoms with Crippen LogP contribution in [-0.4, -0.2) is 41.7 Å². The molecule has 2 N–H and O–H groups in total. The van der Waals surface area contributed by atoms with Crippen molar-refractivity contribution in [3.8, 4) is 5.75 Å². The van der Waals surface area contributed by atoms with E-state index in [-0.39, 0.29) is 17.3 Å². The molecule has 0 radical (unpaired) electrons. The van der Waals surface area contributed by atoms with E-state index in [9.17, 15) is 8.42 Å². The normalized spacial score (nSPS) is 14.5. The van der Waals surface area contributed by atoms with Gasteiger partial charge in [-0.2, -0.15) is 0 Å². The molecule has 2 aromatic carbocycles. The first-order valence-electron chi connectivity index (χ1n) is 8.23. The molecule has 0 aliphatic carbocycles.